The number of hydrogen-bond acceptors (Lipinski definition) is 3. The number of halogens is 1. The average molecular weight is 256 g/mol. The van der Waals surface area contributed by atoms with Gasteiger partial charge < -0.3 is 9.57 Å². The maximum Gasteiger partial charge on any atom is 0.128 e. The van der Waals surface area contributed by atoms with E-state index >= 15 is 0 Å². The zero-order valence-corrected chi connectivity index (χ0v) is 9.37. The Morgan fingerprint density at radius 2 is 2.36 bits per heavy atom. The summed E-state index contributed by atoms with van der Waals surface area (Å²) in [7, 11) is 1.56. The largest absolute Gasteiger partial charge is 0.492 e. The maximum absolute atomic E-state index is 5.50. The summed E-state index contributed by atoms with van der Waals surface area (Å²) in [5.41, 5.74) is 1.95. The Morgan fingerprint density at radius 3 is 3.14 bits per heavy atom. The lowest BCUT2D eigenvalue weighted by atomic mass is 10.0. The number of hydrogen-bond donors (Lipinski definition) is 0. The first-order valence-corrected chi connectivity index (χ1v) is 5.13. The highest BCUT2D eigenvalue weighted by molar-refractivity contribution is 9.10. The van der Waals surface area contributed by atoms with E-state index in [1.807, 2.05) is 18.2 Å². The predicted molar refractivity (Wildman–Crippen MR) is 57.8 cm³/mol. The molecule has 4 heteroatoms. The number of rotatable bonds is 1. The summed E-state index contributed by atoms with van der Waals surface area (Å²) in [5.74, 6) is 0.871. The van der Waals surface area contributed by atoms with Gasteiger partial charge in [-0.05, 0) is 18.2 Å². The van der Waals surface area contributed by atoms with Crippen LogP contribution in [0.25, 0.3) is 0 Å². The molecule has 0 N–H and O–H groups in total. The van der Waals surface area contributed by atoms with Crippen molar-refractivity contribution in [2.24, 2.45) is 5.16 Å². The molecule has 0 saturated carbocycles. The third-order valence-electron chi connectivity index (χ3n) is 2.05. The van der Waals surface area contributed by atoms with E-state index in [4.69, 9.17) is 9.57 Å². The van der Waals surface area contributed by atoms with Crippen molar-refractivity contribution in [3.8, 4) is 5.75 Å². The fraction of sp³-hybridized carbons (Fsp3) is 0.300. The lowest BCUT2D eigenvalue weighted by Crippen LogP contribution is -2.16. The number of fused-ring (bicyclic) bond motifs is 1. The highest BCUT2D eigenvalue weighted by Crippen LogP contribution is 2.28. The van der Waals surface area contributed by atoms with Gasteiger partial charge in [-0.2, -0.15) is 0 Å². The van der Waals surface area contributed by atoms with Gasteiger partial charge >= 0.3 is 0 Å². The molecule has 1 aromatic rings. The summed E-state index contributed by atoms with van der Waals surface area (Å²) in [5, 5.41) is 3.98. The Labute approximate surface area is 90.8 Å². The van der Waals surface area contributed by atoms with E-state index in [1.165, 1.54) is 0 Å². The first-order chi connectivity index (χ1) is 6.81. The van der Waals surface area contributed by atoms with Gasteiger partial charge in [0.1, 0.15) is 12.9 Å². The molecule has 0 atom stereocenters. The second-order valence-corrected chi connectivity index (χ2v) is 3.88. The van der Waals surface area contributed by atoms with Crippen LogP contribution in [0, 0.1) is 0 Å². The zero-order chi connectivity index (χ0) is 9.97. The number of oxime groups is 1. The zero-order valence-electron chi connectivity index (χ0n) is 7.79. The lowest BCUT2D eigenvalue weighted by molar-refractivity contribution is 0.210. The molecule has 1 aromatic carbocycles. The van der Waals surface area contributed by atoms with Crippen LogP contribution in [0.15, 0.2) is 27.8 Å². The summed E-state index contributed by atoms with van der Waals surface area (Å²) in [6.45, 7) is 0.664. The van der Waals surface area contributed by atoms with Crippen molar-refractivity contribution in [2.45, 2.75) is 6.42 Å². The van der Waals surface area contributed by atoms with Crippen molar-refractivity contribution >= 4 is 21.6 Å². The molecule has 0 saturated heterocycles. The molecule has 0 radical (unpaired) electrons. The molecule has 0 amide bonds. The molecule has 0 fully saturated rings. The van der Waals surface area contributed by atoms with Crippen LogP contribution >= 0.6 is 15.9 Å². The Morgan fingerprint density at radius 1 is 1.50 bits per heavy atom. The van der Waals surface area contributed by atoms with Crippen LogP contribution in [-0.4, -0.2) is 19.4 Å². The summed E-state index contributed by atoms with van der Waals surface area (Å²) >= 11 is 3.42. The molecule has 0 unspecified atom stereocenters. The molecule has 1 heterocycles. The Kier molecular flexibility index (Phi) is 2.72. The van der Waals surface area contributed by atoms with E-state index < -0.39 is 0 Å². The molecule has 1 aliphatic heterocycles. The van der Waals surface area contributed by atoms with E-state index in [9.17, 15) is 0 Å². The smallest absolute Gasteiger partial charge is 0.128 e. The first-order valence-electron chi connectivity index (χ1n) is 4.34. The first kappa shape index (κ1) is 9.52. The van der Waals surface area contributed by atoms with Crippen molar-refractivity contribution in [3.63, 3.8) is 0 Å². The molecule has 3 nitrogen and oxygen atoms in total. The Hall–Kier alpha value is -1.03. The summed E-state index contributed by atoms with van der Waals surface area (Å²) in [6.07, 6.45) is 0.789. The van der Waals surface area contributed by atoms with Gasteiger partial charge in [0, 0.05) is 16.5 Å². The maximum atomic E-state index is 5.50. The van der Waals surface area contributed by atoms with Gasteiger partial charge in [-0.25, -0.2) is 0 Å². The van der Waals surface area contributed by atoms with Crippen molar-refractivity contribution in [3.05, 3.63) is 28.2 Å². The van der Waals surface area contributed by atoms with Crippen LogP contribution in [0.3, 0.4) is 0 Å². The highest BCUT2D eigenvalue weighted by Gasteiger charge is 2.17. The van der Waals surface area contributed by atoms with Crippen LogP contribution in [0.2, 0.25) is 0 Å². The number of ether oxygens (including phenoxy) is 1. The van der Waals surface area contributed by atoms with Gasteiger partial charge in [0.05, 0.1) is 12.3 Å². The topological polar surface area (TPSA) is 30.8 Å². The van der Waals surface area contributed by atoms with E-state index in [0.717, 1.165) is 27.9 Å². The normalized spacial score (nSPS) is 17.4. The van der Waals surface area contributed by atoms with E-state index in [-0.39, 0.29) is 0 Å². The molecule has 1 aliphatic rings. The second-order valence-electron chi connectivity index (χ2n) is 2.96. The van der Waals surface area contributed by atoms with Crippen LogP contribution < -0.4 is 4.74 Å². The SMILES string of the molecule is CON=C1CCOc2ccc(Br)cc21. The minimum atomic E-state index is 0.664. The molecule has 2 rings (SSSR count). The van der Waals surface area contributed by atoms with Crippen LogP contribution in [0.5, 0.6) is 5.75 Å². The second kappa shape index (κ2) is 4.00. The molecule has 14 heavy (non-hydrogen) atoms. The van der Waals surface area contributed by atoms with Crippen molar-refractivity contribution < 1.29 is 9.57 Å². The third kappa shape index (κ3) is 1.75. The van der Waals surface area contributed by atoms with E-state index in [0.29, 0.717) is 6.61 Å². The molecule has 0 aromatic heterocycles. The summed E-state index contributed by atoms with van der Waals surface area (Å²) in [4.78, 5) is 4.80. The number of benzene rings is 1. The summed E-state index contributed by atoms with van der Waals surface area (Å²) < 4.78 is 6.52. The lowest BCUT2D eigenvalue weighted by Gasteiger charge is -2.18. The molecular formula is C10H10BrNO2. The molecule has 0 spiro atoms. The number of nitrogens with zero attached hydrogens (tertiary/aromatic N) is 1. The molecule has 0 aliphatic carbocycles. The fourth-order valence-electron chi connectivity index (χ4n) is 1.45. The molecule has 74 valence electrons. The predicted octanol–water partition coefficient (Wildman–Crippen LogP) is 2.58. The quantitative estimate of drug-likeness (QED) is 0.723. The van der Waals surface area contributed by atoms with E-state index in [1.54, 1.807) is 7.11 Å². The van der Waals surface area contributed by atoms with Crippen LogP contribution in [-0.2, 0) is 4.84 Å². The van der Waals surface area contributed by atoms with Gasteiger partial charge in [0.25, 0.3) is 0 Å². The van der Waals surface area contributed by atoms with Crippen molar-refractivity contribution in [2.75, 3.05) is 13.7 Å². The summed E-state index contributed by atoms with van der Waals surface area (Å²) in [6, 6.07) is 5.88. The van der Waals surface area contributed by atoms with Gasteiger partial charge in [-0.1, -0.05) is 21.1 Å². The average Bonchev–Trinajstić information content (AvgIpc) is 2.19. The van der Waals surface area contributed by atoms with Crippen LogP contribution in [0.4, 0.5) is 0 Å². The Balaban J connectivity index is 2.47. The molecular weight excluding hydrogens is 246 g/mol. The molecule has 0 bridgehead atoms. The highest BCUT2D eigenvalue weighted by atomic mass is 79.9. The third-order valence-corrected chi connectivity index (χ3v) is 2.54. The van der Waals surface area contributed by atoms with Gasteiger partial charge in [0.15, 0.2) is 0 Å². The minimum absolute atomic E-state index is 0.664. The van der Waals surface area contributed by atoms with E-state index in [2.05, 4.69) is 21.1 Å². The monoisotopic (exact) mass is 255 g/mol. The van der Waals surface area contributed by atoms with Crippen molar-refractivity contribution in [1.82, 2.24) is 0 Å². The van der Waals surface area contributed by atoms with Crippen molar-refractivity contribution in [1.29, 1.82) is 0 Å². The minimum Gasteiger partial charge on any atom is -0.492 e. The van der Waals surface area contributed by atoms with Gasteiger partial charge in [-0.3, -0.25) is 0 Å². The van der Waals surface area contributed by atoms with Gasteiger partial charge in [0.2, 0.25) is 0 Å². The fourth-order valence-corrected chi connectivity index (χ4v) is 1.81. The standard InChI is InChI=1S/C10H10BrNO2/c1-13-12-9-4-5-14-10-3-2-7(11)6-8(9)10/h2-3,6H,4-5H2,1H3. The van der Waals surface area contributed by atoms with Gasteiger partial charge in [-0.15, -0.1) is 0 Å². The Bertz CT molecular complexity index is 376. The van der Waals surface area contributed by atoms with Crippen LogP contribution in [0.1, 0.15) is 12.0 Å².